The number of aliphatic hydroxyl groups excluding tert-OH is 1. The molecule has 1 aliphatic carbocycles. The average Bonchev–Trinajstić information content (AvgIpc) is 3.01. The molecular weight excluding hydrogens is 316 g/mol. The second-order valence-corrected chi connectivity index (χ2v) is 7.95. The summed E-state index contributed by atoms with van der Waals surface area (Å²) in [4.78, 5) is 0.121. The maximum atomic E-state index is 13.0. The first-order valence-electron chi connectivity index (χ1n) is 7.82. The summed E-state index contributed by atoms with van der Waals surface area (Å²) >= 11 is 0. The minimum atomic E-state index is -3.71. The van der Waals surface area contributed by atoms with Gasteiger partial charge in [-0.3, -0.25) is 0 Å². The summed E-state index contributed by atoms with van der Waals surface area (Å²) in [5, 5.41) is 19.1. The number of hydrogen-bond acceptors (Lipinski definition) is 5. The highest BCUT2D eigenvalue weighted by atomic mass is 32.2. The van der Waals surface area contributed by atoms with Gasteiger partial charge in [0, 0.05) is 12.5 Å². The van der Waals surface area contributed by atoms with Gasteiger partial charge in [-0.2, -0.15) is 9.57 Å². The quantitative estimate of drug-likeness (QED) is 0.893. The van der Waals surface area contributed by atoms with Crippen LogP contribution >= 0.6 is 0 Å². The Kier molecular flexibility index (Phi) is 4.69. The molecule has 1 aromatic rings. The third-order valence-electron chi connectivity index (χ3n) is 4.71. The van der Waals surface area contributed by atoms with Crippen molar-refractivity contribution in [1.82, 2.24) is 4.31 Å². The van der Waals surface area contributed by atoms with Crippen molar-refractivity contribution < 1.29 is 18.3 Å². The molecule has 3 atom stereocenters. The predicted molar refractivity (Wildman–Crippen MR) is 83.0 cm³/mol. The minimum Gasteiger partial charge on any atom is -0.393 e. The van der Waals surface area contributed by atoms with Crippen LogP contribution in [0, 0.1) is 17.2 Å². The molecule has 124 valence electrons. The minimum absolute atomic E-state index is 0.0933. The van der Waals surface area contributed by atoms with E-state index in [1.54, 1.807) is 12.1 Å². The van der Waals surface area contributed by atoms with Crippen molar-refractivity contribution >= 4 is 10.0 Å². The highest BCUT2D eigenvalue weighted by Crippen LogP contribution is 2.34. The number of morpholine rings is 1. The van der Waals surface area contributed by atoms with Gasteiger partial charge in [-0.25, -0.2) is 8.42 Å². The van der Waals surface area contributed by atoms with Crippen LogP contribution in [0.5, 0.6) is 0 Å². The number of aliphatic hydroxyl groups is 1. The summed E-state index contributed by atoms with van der Waals surface area (Å²) in [5.41, 5.74) is 0.316. The van der Waals surface area contributed by atoms with Crippen LogP contribution in [-0.2, 0) is 14.8 Å². The monoisotopic (exact) mass is 336 g/mol. The van der Waals surface area contributed by atoms with E-state index in [1.807, 2.05) is 6.07 Å². The number of benzene rings is 1. The van der Waals surface area contributed by atoms with E-state index >= 15 is 0 Å². The van der Waals surface area contributed by atoms with Gasteiger partial charge in [-0.1, -0.05) is 12.5 Å². The first kappa shape index (κ1) is 16.4. The highest BCUT2D eigenvalue weighted by Gasteiger charge is 2.42. The lowest BCUT2D eigenvalue weighted by Gasteiger charge is -2.39. The lowest BCUT2D eigenvalue weighted by atomic mass is 9.96. The van der Waals surface area contributed by atoms with Crippen molar-refractivity contribution in [3.8, 4) is 6.07 Å². The first-order chi connectivity index (χ1) is 11.0. The van der Waals surface area contributed by atoms with Gasteiger partial charge in [0.25, 0.3) is 0 Å². The van der Waals surface area contributed by atoms with Crippen LogP contribution in [0.15, 0.2) is 29.2 Å². The summed E-state index contributed by atoms with van der Waals surface area (Å²) in [6, 6.07) is 7.68. The zero-order valence-electron chi connectivity index (χ0n) is 12.8. The van der Waals surface area contributed by atoms with Crippen molar-refractivity contribution in [3.63, 3.8) is 0 Å². The van der Waals surface area contributed by atoms with Crippen LogP contribution in [0.4, 0.5) is 0 Å². The maximum absolute atomic E-state index is 13.0. The van der Waals surface area contributed by atoms with Crippen LogP contribution in [-0.4, -0.2) is 49.7 Å². The largest absolute Gasteiger partial charge is 0.393 e. The Morgan fingerprint density at radius 3 is 2.87 bits per heavy atom. The van der Waals surface area contributed by atoms with Crippen LogP contribution < -0.4 is 0 Å². The average molecular weight is 336 g/mol. The highest BCUT2D eigenvalue weighted by molar-refractivity contribution is 7.89. The molecule has 0 bridgehead atoms. The molecule has 1 saturated carbocycles. The maximum Gasteiger partial charge on any atom is 0.243 e. The molecule has 1 aromatic carbocycles. The molecule has 1 heterocycles. The lowest BCUT2D eigenvalue weighted by Crippen LogP contribution is -2.53. The number of nitrogens with zero attached hydrogens (tertiary/aromatic N) is 2. The predicted octanol–water partition coefficient (Wildman–Crippen LogP) is 1.11. The Morgan fingerprint density at radius 1 is 1.35 bits per heavy atom. The standard InChI is InChI=1S/C16H20N2O4S/c17-10-12-3-1-4-13(9-12)23(20,21)18-7-8-22-11-15(18)14-5-2-6-16(14)19/h1,3-4,9,14-16,19H,2,5-8,11H2. The molecule has 0 amide bonds. The Labute approximate surface area is 136 Å². The van der Waals surface area contributed by atoms with Gasteiger partial charge in [0.15, 0.2) is 0 Å². The molecule has 0 spiro atoms. The lowest BCUT2D eigenvalue weighted by molar-refractivity contribution is -0.0148. The zero-order chi connectivity index (χ0) is 16.4. The number of rotatable bonds is 3. The molecule has 23 heavy (non-hydrogen) atoms. The number of ether oxygens (including phenoxy) is 1. The first-order valence-corrected chi connectivity index (χ1v) is 9.26. The SMILES string of the molecule is N#Cc1cccc(S(=O)(=O)N2CCOCC2C2CCCC2O)c1. The summed E-state index contributed by atoms with van der Waals surface area (Å²) < 4.78 is 32.9. The molecule has 1 aliphatic heterocycles. The molecule has 3 rings (SSSR count). The Bertz CT molecular complexity index is 713. The third kappa shape index (κ3) is 3.12. The van der Waals surface area contributed by atoms with E-state index in [0.717, 1.165) is 12.8 Å². The van der Waals surface area contributed by atoms with Gasteiger partial charge in [-0.05, 0) is 31.0 Å². The van der Waals surface area contributed by atoms with Gasteiger partial charge in [-0.15, -0.1) is 0 Å². The summed E-state index contributed by atoms with van der Waals surface area (Å²) in [6.45, 7) is 0.919. The van der Waals surface area contributed by atoms with E-state index in [0.29, 0.717) is 25.2 Å². The molecule has 1 N–H and O–H groups in total. The summed E-state index contributed by atoms with van der Waals surface area (Å²) in [5.74, 6) is -0.0933. The van der Waals surface area contributed by atoms with Crippen LogP contribution in [0.1, 0.15) is 24.8 Å². The molecule has 0 aromatic heterocycles. The van der Waals surface area contributed by atoms with Crippen molar-refractivity contribution in [2.75, 3.05) is 19.8 Å². The van der Waals surface area contributed by atoms with Gasteiger partial charge in [0.2, 0.25) is 10.0 Å². The van der Waals surface area contributed by atoms with Crippen molar-refractivity contribution in [2.45, 2.75) is 36.3 Å². The third-order valence-corrected chi connectivity index (χ3v) is 6.63. The Balaban J connectivity index is 1.94. The molecule has 1 saturated heterocycles. The Morgan fingerprint density at radius 2 is 2.17 bits per heavy atom. The van der Waals surface area contributed by atoms with E-state index in [4.69, 9.17) is 10.00 Å². The smallest absolute Gasteiger partial charge is 0.243 e. The zero-order valence-corrected chi connectivity index (χ0v) is 13.6. The molecular formula is C16H20N2O4S. The van der Waals surface area contributed by atoms with Gasteiger partial charge in [0.1, 0.15) is 0 Å². The van der Waals surface area contributed by atoms with Gasteiger partial charge >= 0.3 is 0 Å². The second kappa shape index (κ2) is 6.57. The van der Waals surface area contributed by atoms with Crippen molar-refractivity contribution in [2.24, 2.45) is 5.92 Å². The van der Waals surface area contributed by atoms with E-state index in [2.05, 4.69) is 0 Å². The molecule has 7 heteroatoms. The fraction of sp³-hybridized carbons (Fsp3) is 0.562. The normalized spacial score (nSPS) is 29.3. The second-order valence-electron chi connectivity index (χ2n) is 6.06. The van der Waals surface area contributed by atoms with E-state index in [-0.39, 0.29) is 23.4 Å². The van der Waals surface area contributed by atoms with E-state index in [9.17, 15) is 13.5 Å². The fourth-order valence-corrected chi connectivity index (χ4v) is 5.21. The van der Waals surface area contributed by atoms with E-state index in [1.165, 1.54) is 16.4 Å². The van der Waals surface area contributed by atoms with Crippen molar-refractivity contribution in [1.29, 1.82) is 5.26 Å². The summed E-state index contributed by atoms with van der Waals surface area (Å²) in [7, 11) is -3.71. The van der Waals surface area contributed by atoms with Crippen LogP contribution in [0.25, 0.3) is 0 Å². The van der Waals surface area contributed by atoms with Crippen LogP contribution in [0.2, 0.25) is 0 Å². The topological polar surface area (TPSA) is 90.6 Å². The van der Waals surface area contributed by atoms with Gasteiger partial charge in [0.05, 0.1) is 41.9 Å². The molecule has 0 radical (unpaired) electrons. The fourth-order valence-electron chi connectivity index (χ4n) is 3.52. The Hall–Kier alpha value is -1.46. The van der Waals surface area contributed by atoms with Gasteiger partial charge < -0.3 is 9.84 Å². The number of nitriles is 1. The molecule has 6 nitrogen and oxygen atoms in total. The molecule has 2 fully saturated rings. The molecule has 2 aliphatic rings. The van der Waals surface area contributed by atoms with E-state index < -0.39 is 16.1 Å². The van der Waals surface area contributed by atoms with Crippen molar-refractivity contribution in [3.05, 3.63) is 29.8 Å². The molecule has 3 unspecified atom stereocenters. The number of sulfonamides is 1. The summed E-state index contributed by atoms with van der Waals surface area (Å²) in [6.07, 6.45) is 1.93. The van der Waals surface area contributed by atoms with Crippen LogP contribution in [0.3, 0.4) is 0 Å². The number of hydrogen-bond donors (Lipinski definition) is 1.